The highest BCUT2D eigenvalue weighted by atomic mass is 35.5. The lowest BCUT2D eigenvalue weighted by molar-refractivity contribution is 0.0373. The van der Waals surface area contributed by atoms with Gasteiger partial charge in [0.25, 0.3) is 5.91 Å². The fourth-order valence-electron chi connectivity index (χ4n) is 4.20. The number of hydrogen-bond donors (Lipinski definition) is 0. The zero-order chi connectivity index (χ0) is 24.9. The topological polar surface area (TPSA) is 90.2 Å². The summed E-state index contributed by atoms with van der Waals surface area (Å²) in [6, 6.07) is 8.97. The normalized spacial score (nSPS) is 19.5. The van der Waals surface area contributed by atoms with Crippen molar-refractivity contribution in [2.24, 2.45) is 5.92 Å². The number of ketones is 1. The molecule has 0 spiro atoms. The van der Waals surface area contributed by atoms with Crippen LogP contribution in [-0.2, 0) is 0 Å². The number of aromatic nitrogens is 4. The SMILES string of the molecule is CC.C[C@@H]1CCC(Oc2nccc(C(=O)C3CC3)c2Cl)CN1C(=O)c1ccccc1-n1nccn1. The molecule has 0 N–H and O–H groups in total. The summed E-state index contributed by atoms with van der Waals surface area (Å²) in [5, 5.41) is 8.60. The van der Waals surface area contributed by atoms with Gasteiger partial charge in [0.05, 0.1) is 30.2 Å². The monoisotopic (exact) mass is 495 g/mol. The van der Waals surface area contributed by atoms with Gasteiger partial charge in [0, 0.05) is 23.7 Å². The van der Waals surface area contributed by atoms with Crippen LogP contribution in [0.2, 0.25) is 5.02 Å². The van der Waals surface area contributed by atoms with Crippen molar-refractivity contribution < 1.29 is 14.3 Å². The number of amides is 1. The minimum Gasteiger partial charge on any atom is -0.471 e. The maximum Gasteiger partial charge on any atom is 0.256 e. The lowest BCUT2D eigenvalue weighted by atomic mass is 9.99. The van der Waals surface area contributed by atoms with Gasteiger partial charge in [0.1, 0.15) is 11.1 Å². The summed E-state index contributed by atoms with van der Waals surface area (Å²) >= 11 is 6.49. The molecule has 184 valence electrons. The van der Waals surface area contributed by atoms with E-state index in [1.165, 1.54) is 4.80 Å². The number of benzene rings is 1. The van der Waals surface area contributed by atoms with Crippen LogP contribution in [0.4, 0.5) is 0 Å². The molecule has 35 heavy (non-hydrogen) atoms. The second-order valence-corrected chi connectivity index (χ2v) is 8.95. The summed E-state index contributed by atoms with van der Waals surface area (Å²) in [5.41, 5.74) is 1.61. The molecule has 2 fully saturated rings. The molecule has 1 saturated carbocycles. The molecule has 2 atom stereocenters. The maximum absolute atomic E-state index is 13.5. The van der Waals surface area contributed by atoms with Crippen LogP contribution >= 0.6 is 11.6 Å². The second kappa shape index (κ2) is 11.0. The number of hydrogen-bond acceptors (Lipinski definition) is 6. The molecule has 5 rings (SSSR count). The number of para-hydroxylation sites is 1. The third-order valence-corrected chi connectivity index (χ3v) is 6.58. The first-order chi connectivity index (χ1) is 17.0. The number of carbonyl (C=O) groups excluding carboxylic acids is 2. The van der Waals surface area contributed by atoms with E-state index in [1.54, 1.807) is 30.7 Å². The first-order valence-electron chi connectivity index (χ1n) is 12.1. The minimum atomic E-state index is -0.281. The van der Waals surface area contributed by atoms with Gasteiger partial charge in [0.15, 0.2) is 5.78 Å². The standard InChI is InChI=1S/C24H24ClN5O3.C2H6/c1-15-6-9-17(33-23-21(25)19(10-11-26-23)22(31)16-7-8-16)14-29(15)24(32)18-4-2-3-5-20(18)30-27-12-13-28-30;1-2/h2-5,10-13,15-17H,6-9,14H2,1H3;1-2H3/t15-,17?;/m1./s1. The summed E-state index contributed by atoms with van der Waals surface area (Å²) in [6.45, 7) is 6.42. The number of halogens is 1. The smallest absolute Gasteiger partial charge is 0.256 e. The Hall–Kier alpha value is -3.26. The van der Waals surface area contributed by atoms with Gasteiger partial charge in [-0.05, 0) is 50.8 Å². The van der Waals surface area contributed by atoms with Crippen LogP contribution in [0.25, 0.3) is 5.69 Å². The van der Waals surface area contributed by atoms with Crippen molar-refractivity contribution >= 4 is 23.3 Å². The second-order valence-electron chi connectivity index (χ2n) is 8.58. The molecule has 2 aromatic heterocycles. The number of likely N-dealkylation sites (tertiary alicyclic amines) is 1. The number of carbonyl (C=O) groups is 2. The highest BCUT2D eigenvalue weighted by Gasteiger charge is 2.34. The number of pyridine rings is 1. The van der Waals surface area contributed by atoms with Gasteiger partial charge in [0.2, 0.25) is 5.88 Å². The average Bonchev–Trinajstić information content (AvgIpc) is 3.60. The van der Waals surface area contributed by atoms with Crippen LogP contribution in [0.5, 0.6) is 5.88 Å². The van der Waals surface area contributed by atoms with Crippen molar-refractivity contribution in [2.75, 3.05) is 6.54 Å². The van der Waals surface area contributed by atoms with E-state index in [0.717, 1.165) is 25.7 Å². The summed E-state index contributed by atoms with van der Waals surface area (Å²) in [4.78, 5) is 33.6. The highest BCUT2D eigenvalue weighted by molar-refractivity contribution is 6.35. The van der Waals surface area contributed by atoms with Gasteiger partial charge in [-0.3, -0.25) is 9.59 Å². The third-order valence-electron chi connectivity index (χ3n) is 6.22. The Bertz CT molecular complexity index is 1180. The van der Waals surface area contributed by atoms with Crippen molar-refractivity contribution in [1.82, 2.24) is 24.9 Å². The molecule has 8 nitrogen and oxygen atoms in total. The van der Waals surface area contributed by atoms with Crippen LogP contribution in [0, 0.1) is 5.92 Å². The predicted octanol–water partition coefficient (Wildman–Crippen LogP) is 5.01. The fraction of sp³-hybridized carbons (Fsp3) is 0.423. The highest BCUT2D eigenvalue weighted by Crippen LogP contribution is 2.37. The largest absolute Gasteiger partial charge is 0.471 e. The zero-order valence-corrected chi connectivity index (χ0v) is 21.0. The van der Waals surface area contributed by atoms with Crippen LogP contribution in [0.15, 0.2) is 48.9 Å². The summed E-state index contributed by atoms with van der Waals surface area (Å²) in [6.07, 6.45) is 7.76. The van der Waals surface area contributed by atoms with E-state index in [2.05, 4.69) is 15.2 Å². The first-order valence-corrected chi connectivity index (χ1v) is 12.5. The van der Waals surface area contributed by atoms with Gasteiger partial charge in [-0.2, -0.15) is 15.0 Å². The molecule has 0 radical (unpaired) electrons. The van der Waals surface area contributed by atoms with E-state index < -0.39 is 0 Å². The molecule has 3 heterocycles. The van der Waals surface area contributed by atoms with Crippen LogP contribution in [0.3, 0.4) is 0 Å². The van der Waals surface area contributed by atoms with E-state index in [9.17, 15) is 9.59 Å². The Balaban J connectivity index is 0.00000141. The quantitative estimate of drug-likeness (QED) is 0.446. The molecule has 1 amide bonds. The Morgan fingerprint density at radius 1 is 0.971 bits per heavy atom. The minimum absolute atomic E-state index is 0.0437. The molecule has 0 bridgehead atoms. The van der Waals surface area contributed by atoms with E-state index in [-0.39, 0.29) is 40.7 Å². The number of piperidine rings is 1. The van der Waals surface area contributed by atoms with E-state index in [1.807, 2.05) is 43.9 Å². The molecular formula is C26H30ClN5O3. The predicted molar refractivity (Wildman–Crippen MR) is 133 cm³/mol. The van der Waals surface area contributed by atoms with E-state index >= 15 is 0 Å². The van der Waals surface area contributed by atoms with Gasteiger partial charge >= 0.3 is 0 Å². The van der Waals surface area contributed by atoms with Crippen molar-refractivity contribution in [2.45, 2.75) is 58.6 Å². The lowest BCUT2D eigenvalue weighted by Crippen LogP contribution is -2.49. The Morgan fingerprint density at radius 3 is 2.40 bits per heavy atom. The molecule has 1 aliphatic carbocycles. The average molecular weight is 496 g/mol. The van der Waals surface area contributed by atoms with Gasteiger partial charge in [-0.25, -0.2) is 4.98 Å². The molecule has 9 heteroatoms. The van der Waals surface area contributed by atoms with E-state index in [0.29, 0.717) is 23.4 Å². The lowest BCUT2D eigenvalue weighted by Gasteiger charge is -2.38. The Kier molecular flexibility index (Phi) is 7.80. The molecule has 1 aliphatic heterocycles. The van der Waals surface area contributed by atoms with Crippen molar-refractivity contribution in [3.63, 3.8) is 0 Å². The van der Waals surface area contributed by atoms with Gasteiger partial charge < -0.3 is 9.64 Å². The number of nitrogens with zero attached hydrogens (tertiary/aromatic N) is 5. The molecular weight excluding hydrogens is 466 g/mol. The number of rotatable bonds is 6. The Labute approximate surface area is 210 Å². The van der Waals surface area contributed by atoms with Crippen molar-refractivity contribution in [3.8, 4) is 11.6 Å². The number of ether oxygens (including phenoxy) is 1. The van der Waals surface area contributed by atoms with Gasteiger partial charge in [-0.1, -0.05) is 37.6 Å². The van der Waals surface area contributed by atoms with Crippen LogP contribution in [-0.4, -0.2) is 55.3 Å². The van der Waals surface area contributed by atoms with Crippen molar-refractivity contribution in [3.05, 3.63) is 65.1 Å². The zero-order valence-electron chi connectivity index (χ0n) is 20.2. The fourth-order valence-corrected chi connectivity index (χ4v) is 4.45. The molecule has 1 saturated heterocycles. The first kappa shape index (κ1) is 24.9. The molecule has 1 aromatic carbocycles. The van der Waals surface area contributed by atoms with E-state index in [4.69, 9.17) is 16.3 Å². The van der Waals surface area contributed by atoms with Gasteiger partial charge in [-0.15, -0.1) is 0 Å². The van der Waals surface area contributed by atoms with Crippen molar-refractivity contribution in [1.29, 1.82) is 0 Å². The summed E-state index contributed by atoms with van der Waals surface area (Å²) in [5.74, 6) is 0.243. The third kappa shape index (κ3) is 5.37. The Morgan fingerprint density at radius 2 is 1.69 bits per heavy atom. The van der Waals surface area contributed by atoms with Crippen LogP contribution in [0.1, 0.15) is 67.2 Å². The van der Waals surface area contributed by atoms with Crippen LogP contribution < -0.4 is 4.74 Å². The summed E-state index contributed by atoms with van der Waals surface area (Å²) < 4.78 is 6.13. The maximum atomic E-state index is 13.5. The number of Topliss-reactive ketones (excluding diaryl/α,β-unsaturated/α-hetero) is 1. The molecule has 3 aromatic rings. The summed E-state index contributed by atoms with van der Waals surface area (Å²) in [7, 11) is 0. The molecule has 2 aliphatic rings. The molecule has 1 unspecified atom stereocenters.